The maximum atomic E-state index is 12.4. The van der Waals surface area contributed by atoms with Gasteiger partial charge in [-0.2, -0.15) is 0 Å². The van der Waals surface area contributed by atoms with E-state index in [0.717, 1.165) is 39.3 Å². The SMILES string of the molecule is O=C1C=C(N2CC2)C(=O)C(N2CC2)=C1N1CC1.O=P(O)(O)OC(Cl)CCCl. The Morgan fingerprint density at radius 2 is 1.56 bits per heavy atom. The average molecular weight is 440 g/mol. The van der Waals surface area contributed by atoms with E-state index in [0.29, 0.717) is 17.1 Å². The van der Waals surface area contributed by atoms with Gasteiger partial charge in [0.15, 0.2) is 0 Å². The van der Waals surface area contributed by atoms with Crippen LogP contribution >= 0.6 is 31.0 Å². The number of alkyl halides is 2. The highest BCUT2D eigenvalue weighted by atomic mass is 35.5. The van der Waals surface area contributed by atoms with E-state index in [4.69, 9.17) is 33.0 Å². The predicted octanol–water partition coefficient (Wildman–Crippen LogP) is 0.470. The van der Waals surface area contributed by atoms with Crippen LogP contribution in [-0.4, -0.2) is 86.8 Å². The first-order valence-corrected chi connectivity index (χ1v) is 10.9. The van der Waals surface area contributed by atoms with E-state index in [1.807, 2.05) is 14.7 Å². The molecule has 0 radical (unpaired) electrons. The van der Waals surface area contributed by atoms with Crippen LogP contribution < -0.4 is 0 Å². The van der Waals surface area contributed by atoms with Crippen molar-refractivity contribution in [1.29, 1.82) is 0 Å². The minimum atomic E-state index is -4.44. The molecule has 0 aromatic carbocycles. The van der Waals surface area contributed by atoms with Gasteiger partial charge in [-0.05, 0) is 0 Å². The Bertz CT molecular complexity index is 740. The summed E-state index contributed by atoms with van der Waals surface area (Å²) in [6.07, 6.45) is 1.73. The van der Waals surface area contributed by atoms with E-state index >= 15 is 0 Å². The van der Waals surface area contributed by atoms with Gasteiger partial charge in [0.1, 0.15) is 17.0 Å². The highest BCUT2D eigenvalue weighted by Crippen LogP contribution is 2.39. The lowest BCUT2D eigenvalue weighted by Gasteiger charge is -2.21. The lowest BCUT2D eigenvalue weighted by molar-refractivity contribution is -0.117. The second kappa shape index (κ2) is 8.11. The number of ketones is 2. The summed E-state index contributed by atoms with van der Waals surface area (Å²) >= 11 is 10.5. The van der Waals surface area contributed by atoms with Gasteiger partial charge in [0.25, 0.3) is 0 Å². The molecule has 0 aromatic rings. The van der Waals surface area contributed by atoms with E-state index in [1.165, 1.54) is 6.08 Å². The molecular weight excluding hydrogens is 420 g/mol. The molecule has 150 valence electrons. The van der Waals surface area contributed by atoms with Crippen molar-refractivity contribution in [3.05, 3.63) is 23.2 Å². The molecule has 0 spiro atoms. The van der Waals surface area contributed by atoms with Gasteiger partial charge in [-0.15, -0.1) is 11.6 Å². The third-order valence-corrected chi connectivity index (χ3v) is 5.25. The molecule has 0 bridgehead atoms. The number of carbonyl (C=O) groups excluding carboxylic acids is 2. The number of allylic oxidation sites excluding steroid dienone is 1. The minimum absolute atomic E-state index is 0.00546. The van der Waals surface area contributed by atoms with E-state index in [1.54, 1.807) is 0 Å². The lowest BCUT2D eigenvalue weighted by atomic mass is 10.0. The summed E-state index contributed by atoms with van der Waals surface area (Å²) in [7, 11) is -4.44. The normalized spacial score (nSPS) is 22.4. The van der Waals surface area contributed by atoms with Crippen LogP contribution in [0.15, 0.2) is 23.2 Å². The summed E-state index contributed by atoms with van der Waals surface area (Å²) < 4.78 is 14.1. The van der Waals surface area contributed by atoms with Crippen molar-refractivity contribution in [2.45, 2.75) is 12.0 Å². The summed E-state index contributed by atoms with van der Waals surface area (Å²) in [6.45, 7) is 5.41. The minimum Gasteiger partial charge on any atom is -0.365 e. The van der Waals surface area contributed by atoms with Crippen LogP contribution in [-0.2, 0) is 18.7 Å². The monoisotopic (exact) mass is 439 g/mol. The maximum Gasteiger partial charge on any atom is 0.471 e. The number of Topliss-reactive ketones (excluding diaryl/α,β-unsaturated/α-hetero) is 1. The molecule has 3 heterocycles. The fourth-order valence-electron chi connectivity index (χ4n) is 2.56. The van der Waals surface area contributed by atoms with Crippen molar-refractivity contribution in [1.82, 2.24) is 14.7 Å². The summed E-state index contributed by atoms with van der Waals surface area (Å²) in [6, 6.07) is 0. The molecule has 1 aliphatic carbocycles. The number of halogens is 2. The van der Waals surface area contributed by atoms with Crippen molar-refractivity contribution < 1.29 is 28.5 Å². The molecule has 3 fully saturated rings. The molecule has 0 saturated carbocycles. The van der Waals surface area contributed by atoms with Gasteiger partial charge in [0.2, 0.25) is 11.6 Å². The molecule has 1 atom stereocenters. The molecular formula is C15H20Cl2N3O6P. The first-order valence-electron chi connectivity index (χ1n) is 8.45. The number of hydrogen-bond donors (Lipinski definition) is 2. The number of phosphoric acid groups is 1. The van der Waals surface area contributed by atoms with Crippen LogP contribution in [0.2, 0.25) is 0 Å². The molecule has 27 heavy (non-hydrogen) atoms. The fraction of sp³-hybridized carbons (Fsp3) is 0.600. The molecule has 4 aliphatic rings. The second-order valence-electron chi connectivity index (χ2n) is 6.37. The standard InChI is InChI=1S/C12H13N3O2.C3H7Cl2O4P/c16-9-7-8(13-1-2-13)12(17)11(15-5-6-15)10(9)14-3-4-14;4-2-1-3(5)9-10(6,7)8/h7H,1-6H2;3H,1-2H2,(H2,6,7,8). The van der Waals surface area contributed by atoms with E-state index < -0.39 is 13.4 Å². The maximum absolute atomic E-state index is 12.4. The highest BCUT2D eigenvalue weighted by molar-refractivity contribution is 7.46. The van der Waals surface area contributed by atoms with E-state index in [9.17, 15) is 14.2 Å². The predicted molar refractivity (Wildman–Crippen MR) is 97.9 cm³/mol. The van der Waals surface area contributed by atoms with Crippen molar-refractivity contribution in [3.63, 3.8) is 0 Å². The second-order valence-corrected chi connectivity index (χ2v) is 8.42. The third-order valence-electron chi connectivity index (χ3n) is 4.08. The number of carbonyl (C=O) groups is 2. The molecule has 4 rings (SSSR count). The highest BCUT2D eigenvalue weighted by Gasteiger charge is 2.43. The Kier molecular flexibility index (Phi) is 6.20. The van der Waals surface area contributed by atoms with Gasteiger partial charge in [-0.25, -0.2) is 4.57 Å². The van der Waals surface area contributed by atoms with Crippen LogP contribution in [0.5, 0.6) is 0 Å². The summed E-state index contributed by atoms with van der Waals surface area (Å²) in [5, 5.41) is 0. The van der Waals surface area contributed by atoms with Crippen molar-refractivity contribution in [2.24, 2.45) is 0 Å². The molecule has 9 nitrogen and oxygen atoms in total. The van der Waals surface area contributed by atoms with Gasteiger partial charge < -0.3 is 24.5 Å². The first kappa shape index (κ1) is 20.6. The fourth-order valence-corrected chi connectivity index (χ4v) is 3.70. The van der Waals surface area contributed by atoms with Gasteiger partial charge in [-0.1, -0.05) is 11.6 Å². The van der Waals surface area contributed by atoms with Crippen LogP contribution in [0, 0.1) is 0 Å². The van der Waals surface area contributed by atoms with Gasteiger partial charge in [-0.3, -0.25) is 14.1 Å². The molecule has 1 unspecified atom stereocenters. The number of rotatable bonds is 7. The molecule has 0 amide bonds. The van der Waals surface area contributed by atoms with Crippen LogP contribution in [0.1, 0.15) is 6.42 Å². The first-order chi connectivity index (χ1) is 12.7. The third kappa shape index (κ3) is 5.70. The quantitative estimate of drug-likeness (QED) is 0.253. The summed E-state index contributed by atoms with van der Waals surface area (Å²) in [4.78, 5) is 46.8. The number of phosphoric ester groups is 1. The smallest absolute Gasteiger partial charge is 0.365 e. The van der Waals surface area contributed by atoms with Crippen molar-refractivity contribution in [2.75, 3.05) is 45.1 Å². The molecule has 0 aromatic heterocycles. The molecule has 12 heteroatoms. The molecule has 2 N–H and O–H groups in total. The zero-order valence-electron chi connectivity index (χ0n) is 14.4. The van der Waals surface area contributed by atoms with Gasteiger partial charge in [0, 0.05) is 57.6 Å². The Labute approximate surface area is 166 Å². The van der Waals surface area contributed by atoms with Gasteiger partial charge in [0.05, 0.1) is 5.70 Å². The van der Waals surface area contributed by atoms with Crippen molar-refractivity contribution in [3.8, 4) is 0 Å². The van der Waals surface area contributed by atoms with E-state index in [-0.39, 0.29) is 23.9 Å². The Balaban J connectivity index is 0.000000183. The van der Waals surface area contributed by atoms with Gasteiger partial charge >= 0.3 is 7.82 Å². The Morgan fingerprint density at radius 3 is 2.00 bits per heavy atom. The Morgan fingerprint density at radius 1 is 1.04 bits per heavy atom. The molecule has 3 saturated heterocycles. The summed E-state index contributed by atoms with van der Waals surface area (Å²) in [5.74, 6) is 0.251. The topological polar surface area (TPSA) is 110 Å². The zero-order chi connectivity index (χ0) is 19.8. The van der Waals surface area contributed by atoms with Crippen LogP contribution in [0.25, 0.3) is 0 Å². The van der Waals surface area contributed by atoms with E-state index in [2.05, 4.69) is 4.52 Å². The number of nitrogens with zero attached hydrogens (tertiary/aromatic N) is 3. The van der Waals surface area contributed by atoms with Crippen molar-refractivity contribution >= 4 is 42.6 Å². The largest absolute Gasteiger partial charge is 0.471 e. The Hall–Kier alpha value is -1.09. The molecule has 3 aliphatic heterocycles. The average Bonchev–Trinajstić information content (AvgIpc) is 3.42. The summed E-state index contributed by atoms with van der Waals surface area (Å²) in [5.41, 5.74) is 0.871. The lowest BCUT2D eigenvalue weighted by Crippen LogP contribution is -2.29. The van der Waals surface area contributed by atoms with Crippen LogP contribution in [0.4, 0.5) is 0 Å². The zero-order valence-corrected chi connectivity index (χ0v) is 16.8. The number of hydrogen-bond acceptors (Lipinski definition) is 7. The van der Waals surface area contributed by atoms with Crippen LogP contribution in [0.3, 0.4) is 0 Å².